The maximum Gasteiger partial charge on any atom is 0.368 e. The predicted molar refractivity (Wildman–Crippen MR) is 136 cm³/mol. The highest BCUT2D eigenvalue weighted by atomic mass is 16.5. The van der Waals surface area contributed by atoms with Gasteiger partial charge < -0.3 is 10.1 Å². The van der Waals surface area contributed by atoms with Crippen molar-refractivity contribution in [3.8, 4) is 22.7 Å². The van der Waals surface area contributed by atoms with Crippen molar-refractivity contribution in [1.82, 2.24) is 34.9 Å². The molecule has 0 bridgehead atoms. The number of aryl methyl sites for hydroxylation is 4. The van der Waals surface area contributed by atoms with Crippen LogP contribution in [0.1, 0.15) is 46.6 Å². The lowest BCUT2D eigenvalue weighted by Gasteiger charge is -2.15. The Kier molecular flexibility index (Phi) is 7.05. The molecule has 0 unspecified atom stereocenters. The fourth-order valence-corrected chi connectivity index (χ4v) is 4.23. The van der Waals surface area contributed by atoms with Crippen LogP contribution in [0.2, 0.25) is 0 Å². The van der Waals surface area contributed by atoms with E-state index in [-0.39, 0.29) is 18.2 Å². The van der Waals surface area contributed by atoms with Gasteiger partial charge in [-0.3, -0.25) is 9.48 Å². The van der Waals surface area contributed by atoms with Crippen LogP contribution >= 0.6 is 0 Å². The Hall–Kier alpha value is -4.21. The van der Waals surface area contributed by atoms with Crippen molar-refractivity contribution < 1.29 is 9.53 Å². The molecule has 0 atom stereocenters. The van der Waals surface area contributed by atoms with Gasteiger partial charge in [0.1, 0.15) is 18.1 Å². The van der Waals surface area contributed by atoms with Crippen LogP contribution in [-0.2, 0) is 20.2 Å². The number of nitrogens with zero attached hydrogens (tertiary/aromatic N) is 6. The standard InChI is InChI=1S/C26H31N7O3/c1-7-27-25(34)24-18(5)23(28-32(24)8-2)19-12-13-22(17(4)14-19)36-15-20-16(3)10-9-11-21(20)33-26(35)31(6)29-30-33/h9-14H,7-8,15H2,1-6H3,(H,27,34). The van der Waals surface area contributed by atoms with Gasteiger partial charge in [-0.25, -0.2) is 4.79 Å². The van der Waals surface area contributed by atoms with Gasteiger partial charge in [0.05, 0.1) is 11.4 Å². The van der Waals surface area contributed by atoms with E-state index in [1.807, 2.05) is 71.0 Å². The third-order valence-corrected chi connectivity index (χ3v) is 6.20. The molecule has 0 saturated heterocycles. The van der Waals surface area contributed by atoms with E-state index in [9.17, 15) is 9.59 Å². The van der Waals surface area contributed by atoms with Gasteiger partial charge in [-0.05, 0) is 80.4 Å². The van der Waals surface area contributed by atoms with E-state index in [0.717, 1.165) is 39.3 Å². The number of rotatable bonds is 8. The van der Waals surface area contributed by atoms with Crippen molar-refractivity contribution in [2.75, 3.05) is 6.54 Å². The summed E-state index contributed by atoms with van der Waals surface area (Å²) in [7, 11) is 1.56. The average molecular weight is 490 g/mol. The zero-order valence-electron chi connectivity index (χ0n) is 21.5. The first-order valence-corrected chi connectivity index (χ1v) is 11.9. The monoisotopic (exact) mass is 489 g/mol. The quantitative estimate of drug-likeness (QED) is 0.407. The first-order chi connectivity index (χ1) is 17.3. The molecule has 1 N–H and O–H groups in total. The molecule has 4 aromatic rings. The lowest BCUT2D eigenvalue weighted by Crippen LogP contribution is -2.26. The molecule has 2 aromatic carbocycles. The van der Waals surface area contributed by atoms with E-state index >= 15 is 0 Å². The largest absolute Gasteiger partial charge is 0.489 e. The summed E-state index contributed by atoms with van der Waals surface area (Å²) in [5.74, 6) is 0.597. The van der Waals surface area contributed by atoms with Gasteiger partial charge in [0.15, 0.2) is 0 Å². The highest BCUT2D eigenvalue weighted by Gasteiger charge is 2.21. The first kappa shape index (κ1) is 24.9. The van der Waals surface area contributed by atoms with E-state index < -0.39 is 0 Å². The zero-order chi connectivity index (χ0) is 26.0. The van der Waals surface area contributed by atoms with Crippen LogP contribution in [0.3, 0.4) is 0 Å². The SMILES string of the molecule is CCNC(=O)c1c(C)c(-c2ccc(OCc3c(C)cccc3-n3nnn(C)c3=O)c(C)c2)nn1CC. The molecule has 10 nitrogen and oxygen atoms in total. The molecule has 0 aliphatic rings. The molecule has 0 aliphatic heterocycles. The molecule has 0 saturated carbocycles. The summed E-state index contributed by atoms with van der Waals surface area (Å²) < 4.78 is 10.4. The van der Waals surface area contributed by atoms with Gasteiger partial charge in [0.25, 0.3) is 5.91 Å². The smallest absolute Gasteiger partial charge is 0.368 e. The topological polar surface area (TPSA) is 109 Å². The number of hydrogen-bond donors (Lipinski definition) is 1. The van der Waals surface area contributed by atoms with Crippen LogP contribution in [0.4, 0.5) is 0 Å². The Morgan fingerprint density at radius 1 is 1.06 bits per heavy atom. The third-order valence-electron chi connectivity index (χ3n) is 6.20. The van der Waals surface area contributed by atoms with Crippen molar-refractivity contribution in [2.24, 2.45) is 7.05 Å². The molecule has 2 heterocycles. The Morgan fingerprint density at radius 3 is 2.47 bits per heavy atom. The molecular formula is C26H31N7O3. The maximum atomic E-state index is 12.6. The van der Waals surface area contributed by atoms with Crippen LogP contribution in [0.5, 0.6) is 5.75 Å². The molecule has 4 rings (SSSR count). The first-order valence-electron chi connectivity index (χ1n) is 11.9. The number of tetrazole rings is 1. The van der Waals surface area contributed by atoms with Crippen molar-refractivity contribution in [3.63, 3.8) is 0 Å². The third kappa shape index (κ3) is 4.53. The Bertz CT molecular complexity index is 1480. The molecule has 0 spiro atoms. The minimum Gasteiger partial charge on any atom is -0.489 e. The predicted octanol–water partition coefficient (Wildman–Crippen LogP) is 3.10. The lowest BCUT2D eigenvalue weighted by molar-refractivity contribution is 0.0944. The molecule has 10 heteroatoms. The summed E-state index contributed by atoms with van der Waals surface area (Å²) in [6.07, 6.45) is 0. The van der Waals surface area contributed by atoms with Crippen molar-refractivity contribution in [3.05, 3.63) is 74.8 Å². The second kappa shape index (κ2) is 10.2. The number of aromatic nitrogens is 6. The number of amides is 1. The van der Waals surface area contributed by atoms with Gasteiger partial charge in [-0.2, -0.15) is 14.5 Å². The number of nitrogens with one attached hydrogen (secondary N) is 1. The Labute approximate surface area is 209 Å². The fraction of sp³-hybridized carbons (Fsp3) is 0.346. The number of carbonyl (C=O) groups excluding carboxylic acids is 1. The van der Waals surface area contributed by atoms with Crippen molar-refractivity contribution in [2.45, 2.75) is 47.8 Å². The molecule has 2 aromatic heterocycles. The summed E-state index contributed by atoms with van der Waals surface area (Å²) in [6, 6.07) is 11.5. The number of carbonyl (C=O) groups is 1. The van der Waals surface area contributed by atoms with Crippen LogP contribution in [0, 0.1) is 20.8 Å². The fourth-order valence-electron chi connectivity index (χ4n) is 4.23. The summed E-state index contributed by atoms with van der Waals surface area (Å²) in [5, 5.41) is 15.4. The summed E-state index contributed by atoms with van der Waals surface area (Å²) >= 11 is 0. The summed E-state index contributed by atoms with van der Waals surface area (Å²) in [5.41, 5.74) is 6.20. The normalized spacial score (nSPS) is 11.1. The van der Waals surface area contributed by atoms with Gasteiger partial charge in [-0.1, -0.05) is 12.1 Å². The van der Waals surface area contributed by atoms with Crippen molar-refractivity contribution in [1.29, 1.82) is 0 Å². The van der Waals surface area contributed by atoms with E-state index in [0.29, 0.717) is 24.5 Å². The van der Waals surface area contributed by atoms with E-state index in [1.54, 1.807) is 11.7 Å². The minimum absolute atomic E-state index is 0.122. The minimum atomic E-state index is -0.323. The highest BCUT2D eigenvalue weighted by Crippen LogP contribution is 2.30. The Balaban J connectivity index is 1.62. The number of ether oxygens (including phenoxy) is 1. The Morgan fingerprint density at radius 2 is 1.83 bits per heavy atom. The zero-order valence-corrected chi connectivity index (χ0v) is 21.5. The van der Waals surface area contributed by atoms with E-state index in [4.69, 9.17) is 9.84 Å². The summed E-state index contributed by atoms with van der Waals surface area (Å²) in [6.45, 7) is 11.1. The van der Waals surface area contributed by atoms with E-state index in [2.05, 4.69) is 15.7 Å². The number of benzene rings is 2. The molecule has 1 amide bonds. The maximum absolute atomic E-state index is 12.6. The van der Waals surface area contributed by atoms with Crippen LogP contribution in [-0.4, -0.2) is 42.0 Å². The van der Waals surface area contributed by atoms with Crippen molar-refractivity contribution >= 4 is 5.91 Å². The van der Waals surface area contributed by atoms with E-state index in [1.165, 1.54) is 9.36 Å². The van der Waals surface area contributed by atoms with Crippen LogP contribution in [0.15, 0.2) is 41.2 Å². The second-order valence-electron chi connectivity index (χ2n) is 8.64. The molecule has 36 heavy (non-hydrogen) atoms. The summed E-state index contributed by atoms with van der Waals surface area (Å²) in [4.78, 5) is 25.0. The number of hydrogen-bond acceptors (Lipinski definition) is 6. The van der Waals surface area contributed by atoms with Gasteiger partial charge in [0.2, 0.25) is 0 Å². The molecule has 0 fully saturated rings. The molecule has 0 radical (unpaired) electrons. The molecular weight excluding hydrogens is 458 g/mol. The second-order valence-corrected chi connectivity index (χ2v) is 8.64. The highest BCUT2D eigenvalue weighted by molar-refractivity contribution is 5.95. The molecule has 0 aliphatic carbocycles. The van der Waals surface area contributed by atoms with Crippen LogP contribution < -0.4 is 15.7 Å². The van der Waals surface area contributed by atoms with Gasteiger partial charge in [-0.15, -0.1) is 0 Å². The average Bonchev–Trinajstić information content (AvgIpc) is 3.37. The van der Waals surface area contributed by atoms with Gasteiger partial charge >= 0.3 is 5.69 Å². The molecule has 188 valence electrons. The van der Waals surface area contributed by atoms with Crippen LogP contribution in [0.25, 0.3) is 16.9 Å². The lowest BCUT2D eigenvalue weighted by atomic mass is 10.0. The van der Waals surface area contributed by atoms with Gasteiger partial charge in [0, 0.05) is 36.8 Å².